The Bertz CT molecular complexity index is 750. The molecular weight excluding hydrogens is 326 g/mol. The summed E-state index contributed by atoms with van der Waals surface area (Å²) < 4.78 is 16.1. The number of aromatic carboxylic acids is 1. The number of aryl methyl sites for hydroxylation is 1. The standard InChI is InChI=1S/C18H21NO6/c1-19(2)17(20)9-5-12-4-7-14(16(10-12)23-3)24-11-13-6-8-15(25-13)18(21)22/h4,6-8,10H,5,9,11H2,1-3H3,(H,21,22). The number of hydrogen-bond donors (Lipinski definition) is 1. The summed E-state index contributed by atoms with van der Waals surface area (Å²) in [4.78, 5) is 24.0. The van der Waals surface area contributed by atoms with Crippen LogP contribution in [0, 0.1) is 0 Å². The first-order valence-corrected chi connectivity index (χ1v) is 7.72. The Morgan fingerprint density at radius 1 is 1.16 bits per heavy atom. The van der Waals surface area contributed by atoms with E-state index < -0.39 is 5.97 Å². The summed E-state index contributed by atoms with van der Waals surface area (Å²) in [6.07, 6.45) is 1.02. The minimum Gasteiger partial charge on any atom is -0.493 e. The number of ether oxygens (including phenoxy) is 2. The maximum absolute atomic E-state index is 11.7. The molecule has 1 aromatic heterocycles. The van der Waals surface area contributed by atoms with Gasteiger partial charge in [-0.05, 0) is 36.2 Å². The Morgan fingerprint density at radius 3 is 2.52 bits per heavy atom. The van der Waals surface area contributed by atoms with Crippen LogP contribution in [-0.4, -0.2) is 43.1 Å². The van der Waals surface area contributed by atoms with Gasteiger partial charge in [-0.2, -0.15) is 0 Å². The van der Waals surface area contributed by atoms with Gasteiger partial charge in [0.25, 0.3) is 0 Å². The van der Waals surface area contributed by atoms with Gasteiger partial charge in [-0.3, -0.25) is 4.79 Å². The highest BCUT2D eigenvalue weighted by atomic mass is 16.5. The number of nitrogens with zero attached hydrogens (tertiary/aromatic N) is 1. The fourth-order valence-corrected chi connectivity index (χ4v) is 2.18. The summed E-state index contributed by atoms with van der Waals surface area (Å²) in [5.41, 5.74) is 0.963. The highest BCUT2D eigenvalue weighted by Crippen LogP contribution is 2.29. The molecule has 0 radical (unpaired) electrons. The molecule has 134 valence electrons. The van der Waals surface area contributed by atoms with Crippen LogP contribution in [0.1, 0.15) is 28.3 Å². The minimum absolute atomic E-state index is 0.0614. The summed E-state index contributed by atoms with van der Waals surface area (Å²) in [7, 11) is 4.99. The molecule has 0 aliphatic heterocycles. The molecule has 1 aromatic carbocycles. The number of amides is 1. The first-order valence-electron chi connectivity index (χ1n) is 7.72. The molecule has 0 aliphatic rings. The fourth-order valence-electron chi connectivity index (χ4n) is 2.18. The van der Waals surface area contributed by atoms with E-state index in [-0.39, 0.29) is 18.3 Å². The largest absolute Gasteiger partial charge is 0.493 e. The second kappa shape index (κ2) is 8.23. The van der Waals surface area contributed by atoms with Crippen molar-refractivity contribution in [2.75, 3.05) is 21.2 Å². The normalized spacial score (nSPS) is 10.4. The van der Waals surface area contributed by atoms with Crippen molar-refractivity contribution < 1.29 is 28.6 Å². The van der Waals surface area contributed by atoms with Crippen LogP contribution in [0.15, 0.2) is 34.7 Å². The molecule has 7 nitrogen and oxygen atoms in total. The fraction of sp³-hybridized carbons (Fsp3) is 0.333. The molecule has 2 aromatic rings. The van der Waals surface area contributed by atoms with Gasteiger partial charge in [0.15, 0.2) is 11.5 Å². The van der Waals surface area contributed by atoms with E-state index in [4.69, 9.17) is 19.0 Å². The van der Waals surface area contributed by atoms with Crippen LogP contribution in [0.3, 0.4) is 0 Å². The van der Waals surface area contributed by atoms with Crippen molar-refractivity contribution in [3.63, 3.8) is 0 Å². The highest BCUT2D eigenvalue weighted by molar-refractivity contribution is 5.84. The van der Waals surface area contributed by atoms with Crippen LogP contribution < -0.4 is 9.47 Å². The van der Waals surface area contributed by atoms with Gasteiger partial charge in [0.1, 0.15) is 12.4 Å². The zero-order valence-electron chi connectivity index (χ0n) is 14.4. The number of rotatable bonds is 8. The topological polar surface area (TPSA) is 89.2 Å². The van der Waals surface area contributed by atoms with Gasteiger partial charge in [-0.25, -0.2) is 4.79 Å². The summed E-state index contributed by atoms with van der Waals surface area (Å²) >= 11 is 0. The second-order valence-electron chi connectivity index (χ2n) is 5.63. The number of carbonyl (C=O) groups is 2. The molecule has 0 atom stereocenters. The minimum atomic E-state index is -1.12. The van der Waals surface area contributed by atoms with Crippen LogP contribution >= 0.6 is 0 Å². The van der Waals surface area contributed by atoms with Crippen LogP contribution in [-0.2, 0) is 17.8 Å². The van der Waals surface area contributed by atoms with Gasteiger partial charge in [0, 0.05) is 20.5 Å². The van der Waals surface area contributed by atoms with Crippen molar-refractivity contribution in [3.8, 4) is 11.5 Å². The smallest absolute Gasteiger partial charge is 0.371 e. The van der Waals surface area contributed by atoms with Crippen LogP contribution in [0.25, 0.3) is 0 Å². The lowest BCUT2D eigenvalue weighted by Gasteiger charge is -2.13. The Kier molecular flexibility index (Phi) is 6.05. The molecule has 7 heteroatoms. The van der Waals surface area contributed by atoms with E-state index in [0.29, 0.717) is 30.1 Å². The molecule has 25 heavy (non-hydrogen) atoms. The van der Waals surface area contributed by atoms with Gasteiger partial charge in [-0.15, -0.1) is 0 Å². The van der Waals surface area contributed by atoms with Gasteiger partial charge in [-0.1, -0.05) is 6.07 Å². The average Bonchev–Trinajstić information content (AvgIpc) is 3.07. The van der Waals surface area contributed by atoms with E-state index in [1.165, 1.54) is 13.2 Å². The molecule has 0 fully saturated rings. The molecular formula is C18H21NO6. The summed E-state index contributed by atoms with van der Waals surface area (Å²) in [5, 5.41) is 8.84. The van der Waals surface area contributed by atoms with Crippen molar-refractivity contribution >= 4 is 11.9 Å². The Morgan fingerprint density at radius 2 is 1.92 bits per heavy atom. The molecule has 1 heterocycles. The lowest BCUT2D eigenvalue weighted by atomic mass is 10.1. The average molecular weight is 347 g/mol. The number of carbonyl (C=O) groups excluding carboxylic acids is 1. The van der Waals surface area contributed by atoms with Gasteiger partial charge >= 0.3 is 5.97 Å². The predicted octanol–water partition coefficient (Wildman–Crippen LogP) is 2.59. The van der Waals surface area contributed by atoms with E-state index in [2.05, 4.69) is 0 Å². The molecule has 0 saturated heterocycles. The number of hydrogen-bond acceptors (Lipinski definition) is 5. The van der Waals surface area contributed by atoms with E-state index >= 15 is 0 Å². The summed E-state index contributed by atoms with van der Waals surface area (Å²) in [6.45, 7) is 0.0854. The molecule has 0 spiro atoms. The maximum atomic E-state index is 11.7. The molecule has 0 aliphatic carbocycles. The van der Waals surface area contributed by atoms with Gasteiger partial charge in [0.05, 0.1) is 7.11 Å². The predicted molar refractivity (Wildman–Crippen MR) is 90.0 cm³/mol. The molecule has 0 saturated carbocycles. The highest BCUT2D eigenvalue weighted by Gasteiger charge is 2.12. The monoisotopic (exact) mass is 347 g/mol. The van der Waals surface area contributed by atoms with Crippen molar-refractivity contribution in [3.05, 3.63) is 47.4 Å². The third kappa shape index (κ3) is 5.00. The maximum Gasteiger partial charge on any atom is 0.371 e. The second-order valence-corrected chi connectivity index (χ2v) is 5.63. The van der Waals surface area contributed by atoms with Crippen molar-refractivity contribution in [2.24, 2.45) is 0 Å². The van der Waals surface area contributed by atoms with Crippen molar-refractivity contribution in [1.82, 2.24) is 4.90 Å². The van der Waals surface area contributed by atoms with E-state index in [1.807, 2.05) is 12.1 Å². The third-order valence-electron chi connectivity index (χ3n) is 3.60. The number of benzene rings is 1. The van der Waals surface area contributed by atoms with Crippen molar-refractivity contribution in [1.29, 1.82) is 0 Å². The number of methoxy groups -OCH3 is 1. The van der Waals surface area contributed by atoms with E-state index in [1.54, 1.807) is 31.1 Å². The van der Waals surface area contributed by atoms with Crippen LogP contribution in [0.2, 0.25) is 0 Å². The molecule has 1 amide bonds. The number of carboxylic acids is 1. The first-order chi connectivity index (χ1) is 11.9. The number of carboxylic acid groups (broad SMARTS) is 1. The van der Waals surface area contributed by atoms with E-state index in [9.17, 15) is 9.59 Å². The van der Waals surface area contributed by atoms with Gasteiger partial charge < -0.3 is 23.9 Å². The van der Waals surface area contributed by atoms with Crippen LogP contribution in [0.5, 0.6) is 11.5 Å². The molecule has 0 bridgehead atoms. The lowest BCUT2D eigenvalue weighted by Crippen LogP contribution is -2.21. The quantitative estimate of drug-likeness (QED) is 0.789. The Balaban J connectivity index is 2.00. The lowest BCUT2D eigenvalue weighted by molar-refractivity contribution is -0.128. The zero-order chi connectivity index (χ0) is 18.4. The van der Waals surface area contributed by atoms with E-state index in [0.717, 1.165) is 5.56 Å². The summed E-state index contributed by atoms with van der Waals surface area (Å²) in [6, 6.07) is 8.38. The zero-order valence-corrected chi connectivity index (χ0v) is 14.4. The Hall–Kier alpha value is -2.96. The Labute approximate surface area is 145 Å². The van der Waals surface area contributed by atoms with Crippen LogP contribution in [0.4, 0.5) is 0 Å². The van der Waals surface area contributed by atoms with Crippen molar-refractivity contribution in [2.45, 2.75) is 19.4 Å². The SMILES string of the molecule is COc1cc(CCC(=O)N(C)C)ccc1OCc1ccc(C(=O)O)o1. The third-order valence-corrected chi connectivity index (χ3v) is 3.60. The first kappa shape index (κ1) is 18.4. The summed E-state index contributed by atoms with van der Waals surface area (Å²) in [5.74, 6) is 0.261. The number of furan rings is 1. The molecule has 0 unspecified atom stereocenters. The van der Waals surface area contributed by atoms with Gasteiger partial charge in [0.2, 0.25) is 11.7 Å². The molecule has 1 N–H and O–H groups in total. The molecule has 2 rings (SSSR count).